The summed E-state index contributed by atoms with van der Waals surface area (Å²) in [5.41, 5.74) is 2.21. The maximum Gasteiger partial charge on any atom is 0.268 e. The number of nitrogens with zero attached hydrogens (tertiary/aromatic N) is 4. The standard InChI is InChI=1S/C20H26N4O2/c1-22-20(25)13-18(14-21-22)24-9-7-23(8-10-24)15-16-6-11-26-19-5-3-2-4-17(19)12-16/h2-5,13-14,16H,6-12,15H2,1H3/t16-/m1/s1. The van der Waals surface area contributed by atoms with Gasteiger partial charge >= 0.3 is 0 Å². The summed E-state index contributed by atoms with van der Waals surface area (Å²) in [6.45, 7) is 5.84. The van der Waals surface area contributed by atoms with Crippen molar-refractivity contribution in [2.75, 3.05) is 44.2 Å². The Bertz CT molecular complexity index is 811. The van der Waals surface area contributed by atoms with Gasteiger partial charge in [0.1, 0.15) is 5.75 Å². The highest BCUT2D eigenvalue weighted by Gasteiger charge is 2.23. The molecule has 0 spiro atoms. The van der Waals surface area contributed by atoms with Crippen LogP contribution in [-0.2, 0) is 13.5 Å². The highest BCUT2D eigenvalue weighted by molar-refractivity contribution is 5.43. The highest BCUT2D eigenvalue weighted by Crippen LogP contribution is 2.27. The second-order valence-corrected chi connectivity index (χ2v) is 7.28. The molecule has 0 N–H and O–H groups in total. The van der Waals surface area contributed by atoms with Crippen molar-refractivity contribution >= 4 is 5.69 Å². The van der Waals surface area contributed by atoms with Crippen LogP contribution in [0.4, 0.5) is 5.69 Å². The summed E-state index contributed by atoms with van der Waals surface area (Å²) < 4.78 is 7.27. The predicted molar refractivity (Wildman–Crippen MR) is 102 cm³/mol. The number of anilines is 1. The van der Waals surface area contributed by atoms with Gasteiger partial charge in [0.2, 0.25) is 0 Å². The third-order valence-electron chi connectivity index (χ3n) is 5.47. The first-order valence-corrected chi connectivity index (χ1v) is 9.40. The maximum atomic E-state index is 11.8. The summed E-state index contributed by atoms with van der Waals surface area (Å²) in [7, 11) is 1.68. The van der Waals surface area contributed by atoms with E-state index in [-0.39, 0.29) is 5.56 Å². The minimum absolute atomic E-state index is 0.0537. The second kappa shape index (κ2) is 7.50. The van der Waals surface area contributed by atoms with Crippen molar-refractivity contribution in [1.82, 2.24) is 14.7 Å². The van der Waals surface area contributed by atoms with E-state index >= 15 is 0 Å². The summed E-state index contributed by atoms with van der Waals surface area (Å²) in [5.74, 6) is 1.69. The average molecular weight is 354 g/mol. The van der Waals surface area contributed by atoms with Gasteiger partial charge in [-0.15, -0.1) is 0 Å². The Hall–Kier alpha value is -2.34. The highest BCUT2D eigenvalue weighted by atomic mass is 16.5. The second-order valence-electron chi connectivity index (χ2n) is 7.28. The van der Waals surface area contributed by atoms with Gasteiger partial charge in [-0.1, -0.05) is 18.2 Å². The summed E-state index contributed by atoms with van der Waals surface area (Å²) in [4.78, 5) is 16.6. The lowest BCUT2D eigenvalue weighted by molar-refractivity contribution is 0.201. The summed E-state index contributed by atoms with van der Waals surface area (Å²) in [5, 5.41) is 4.13. The van der Waals surface area contributed by atoms with Crippen molar-refractivity contribution in [2.45, 2.75) is 12.8 Å². The number of rotatable bonds is 3. The maximum absolute atomic E-state index is 11.8. The Labute approximate surface area is 154 Å². The van der Waals surface area contributed by atoms with Gasteiger partial charge in [-0.3, -0.25) is 9.69 Å². The smallest absolute Gasteiger partial charge is 0.268 e. The third-order valence-corrected chi connectivity index (χ3v) is 5.47. The molecule has 1 saturated heterocycles. The van der Waals surface area contributed by atoms with E-state index in [1.807, 2.05) is 6.07 Å². The molecule has 0 bridgehead atoms. The SMILES string of the molecule is Cn1ncc(N2CCN(C[C@@H]3CCOc4ccccc4C3)CC2)cc1=O. The molecular weight excluding hydrogens is 328 g/mol. The molecule has 2 aromatic rings. The van der Waals surface area contributed by atoms with Crippen molar-refractivity contribution in [3.63, 3.8) is 0 Å². The van der Waals surface area contributed by atoms with E-state index in [2.05, 4.69) is 33.1 Å². The molecule has 0 saturated carbocycles. The molecule has 0 amide bonds. The van der Waals surface area contributed by atoms with Crippen LogP contribution in [0.25, 0.3) is 0 Å². The Balaban J connectivity index is 1.34. The molecule has 0 unspecified atom stereocenters. The fourth-order valence-electron chi connectivity index (χ4n) is 3.90. The van der Waals surface area contributed by atoms with Gasteiger partial charge < -0.3 is 9.64 Å². The lowest BCUT2D eigenvalue weighted by Gasteiger charge is -2.37. The summed E-state index contributed by atoms with van der Waals surface area (Å²) >= 11 is 0. The van der Waals surface area contributed by atoms with Crippen LogP contribution < -0.4 is 15.2 Å². The van der Waals surface area contributed by atoms with Gasteiger partial charge in [0, 0.05) is 45.8 Å². The van der Waals surface area contributed by atoms with Crippen molar-refractivity contribution in [2.24, 2.45) is 13.0 Å². The molecule has 4 rings (SSSR count). The van der Waals surface area contributed by atoms with E-state index < -0.39 is 0 Å². The topological polar surface area (TPSA) is 50.6 Å². The van der Waals surface area contributed by atoms with E-state index in [1.54, 1.807) is 19.3 Å². The van der Waals surface area contributed by atoms with E-state index in [9.17, 15) is 4.79 Å². The molecule has 0 radical (unpaired) electrons. The van der Waals surface area contributed by atoms with Gasteiger partial charge in [0.15, 0.2) is 0 Å². The zero-order valence-electron chi connectivity index (χ0n) is 15.3. The largest absolute Gasteiger partial charge is 0.493 e. The molecule has 6 heteroatoms. The van der Waals surface area contributed by atoms with Gasteiger partial charge in [-0.2, -0.15) is 5.10 Å². The predicted octanol–water partition coefficient (Wildman–Crippen LogP) is 1.54. The minimum Gasteiger partial charge on any atom is -0.493 e. The van der Waals surface area contributed by atoms with Crippen molar-refractivity contribution in [3.8, 4) is 5.75 Å². The molecule has 1 aromatic carbocycles. The number of ether oxygens (including phenoxy) is 1. The molecule has 1 atom stereocenters. The minimum atomic E-state index is -0.0537. The quantitative estimate of drug-likeness (QED) is 0.837. The fraction of sp³-hybridized carbons (Fsp3) is 0.500. The first-order chi connectivity index (χ1) is 12.7. The number of benzene rings is 1. The molecule has 3 heterocycles. The number of aromatic nitrogens is 2. The van der Waals surface area contributed by atoms with E-state index in [4.69, 9.17) is 4.74 Å². The number of para-hydroxylation sites is 1. The Morgan fingerprint density at radius 1 is 1.19 bits per heavy atom. The normalized spacial score (nSPS) is 21.0. The van der Waals surface area contributed by atoms with Gasteiger partial charge in [-0.05, 0) is 30.4 Å². The van der Waals surface area contributed by atoms with Crippen LogP contribution in [0.2, 0.25) is 0 Å². The van der Waals surface area contributed by atoms with Gasteiger partial charge in [0.05, 0.1) is 18.5 Å². The first-order valence-electron chi connectivity index (χ1n) is 9.40. The lowest BCUT2D eigenvalue weighted by atomic mass is 9.96. The van der Waals surface area contributed by atoms with Crippen LogP contribution in [0, 0.1) is 5.92 Å². The average Bonchev–Trinajstić information content (AvgIpc) is 2.86. The number of piperazine rings is 1. The third kappa shape index (κ3) is 3.75. The summed E-state index contributed by atoms with van der Waals surface area (Å²) in [6, 6.07) is 10.1. The Morgan fingerprint density at radius 3 is 2.81 bits per heavy atom. The van der Waals surface area contributed by atoms with Crippen LogP contribution in [-0.4, -0.2) is 54.0 Å². The Kier molecular flexibility index (Phi) is 4.93. The van der Waals surface area contributed by atoms with Gasteiger partial charge in [-0.25, -0.2) is 4.68 Å². The summed E-state index contributed by atoms with van der Waals surface area (Å²) in [6.07, 6.45) is 3.99. The number of hydrogen-bond donors (Lipinski definition) is 0. The lowest BCUT2D eigenvalue weighted by Crippen LogP contribution is -2.48. The van der Waals surface area contributed by atoms with Gasteiger partial charge in [0.25, 0.3) is 5.56 Å². The van der Waals surface area contributed by atoms with E-state index in [1.165, 1.54) is 10.2 Å². The van der Waals surface area contributed by atoms with Crippen molar-refractivity contribution in [1.29, 1.82) is 0 Å². The zero-order valence-corrected chi connectivity index (χ0v) is 15.3. The van der Waals surface area contributed by atoms with E-state index in [0.29, 0.717) is 5.92 Å². The number of aryl methyl sites for hydroxylation is 1. The molecule has 1 aromatic heterocycles. The van der Waals surface area contributed by atoms with Crippen molar-refractivity contribution < 1.29 is 4.74 Å². The zero-order chi connectivity index (χ0) is 17.9. The molecule has 138 valence electrons. The number of hydrogen-bond acceptors (Lipinski definition) is 5. The molecule has 1 fully saturated rings. The van der Waals surface area contributed by atoms with Crippen LogP contribution in [0.1, 0.15) is 12.0 Å². The Morgan fingerprint density at radius 2 is 2.00 bits per heavy atom. The molecule has 2 aliphatic heterocycles. The van der Waals surface area contributed by atoms with Crippen LogP contribution in [0.15, 0.2) is 41.3 Å². The van der Waals surface area contributed by atoms with Crippen LogP contribution in [0.3, 0.4) is 0 Å². The molecule has 26 heavy (non-hydrogen) atoms. The number of fused-ring (bicyclic) bond motifs is 1. The van der Waals surface area contributed by atoms with Crippen LogP contribution in [0.5, 0.6) is 5.75 Å². The first kappa shape index (κ1) is 17.1. The fourth-order valence-corrected chi connectivity index (χ4v) is 3.90. The monoisotopic (exact) mass is 354 g/mol. The van der Waals surface area contributed by atoms with Crippen LogP contribution >= 0.6 is 0 Å². The molecule has 6 nitrogen and oxygen atoms in total. The van der Waals surface area contributed by atoms with E-state index in [0.717, 1.165) is 63.6 Å². The molecular formula is C20H26N4O2. The van der Waals surface area contributed by atoms with Crippen molar-refractivity contribution in [3.05, 3.63) is 52.4 Å². The molecule has 0 aliphatic carbocycles. The molecule has 2 aliphatic rings.